The maximum absolute atomic E-state index is 6.10. The van der Waals surface area contributed by atoms with Gasteiger partial charge in [0.1, 0.15) is 11.6 Å². The molecule has 0 saturated heterocycles. The van der Waals surface area contributed by atoms with Crippen molar-refractivity contribution in [3.63, 3.8) is 0 Å². The molecule has 0 unspecified atom stereocenters. The van der Waals surface area contributed by atoms with Crippen molar-refractivity contribution in [1.82, 2.24) is 9.97 Å². The zero-order valence-electron chi connectivity index (χ0n) is 10.5. The molecule has 0 spiro atoms. The molecule has 0 aliphatic rings. The molecule has 1 heterocycles. The van der Waals surface area contributed by atoms with Gasteiger partial charge in [0.2, 0.25) is 5.95 Å². The van der Waals surface area contributed by atoms with Gasteiger partial charge in [-0.25, -0.2) is 5.84 Å². The van der Waals surface area contributed by atoms with Crippen LogP contribution in [-0.4, -0.2) is 16.5 Å². The molecule has 0 bridgehead atoms. The lowest BCUT2D eigenvalue weighted by molar-refractivity contribution is 1.00. The van der Waals surface area contributed by atoms with E-state index in [0.717, 1.165) is 12.0 Å². The number of hydrogen-bond acceptors (Lipinski definition) is 6. The number of nitrogens with two attached hydrogens (primary N) is 2. The molecule has 1 aromatic heterocycles. The molecule has 6 nitrogen and oxygen atoms in total. The monoisotopic (exact) mass is 312 g/mol. The van der Waals surface area contributed by atoms with Gasteiger partial charge in [0.15, 0.2) is 0 Å². The first-order chi connectivity index (χ1) is 9.58. The Morgan fingerprint density at radius 1 is 1.10 bits per heavy atom. The fraction of sp³-hybridized carbons (Fsp3) is 0.167. The second-order valence-electron chi connectivity index (χ2n) is 4.05. The third kappa shape index (κ3) is 3.86. The van der Waals surface area contributed by atoms with Gasteiger partial charge in [-0.2, -0.15) is 9.97 Å². The fourth-order valence-corrected chi connectivity index (χ4v) is 2.18. The van der Waals surface area contributed by atoms with Gasteiger partial charge in [-0.3, -0.25) is 0 Å². The molecule has 0 aliphatic heterocycles. The van der Waals surface area contributed by atoms with Gasteiger partial charge < -0.3 is 16.5 Å². The van der Waals surface area contributed by atoms with Crippen LogP contribution in [-0.2, 0) is 6.42 Å². The number of nitrogens with one attached hydrogen (secondary N) is 2. The molecule has 1 aromatic carbocycles. The molecular formula is C12H14Cl2N6. The van der Waals surface area contributed by atoms with Crippen molar-refractivity contribution in [2.45, 2.75) is 6.42 Å². The van der Waals surface area contributed by atoms with E-state index in [1.807, 2.05) is 12.1 Å². The summed E-state index contributed by atoms with van der Waals surface area (Å²) >= 11 is 11.9. The Labute approximate surface area is 126 Å². The Balaban J connectivity index is 1.97. The van der Waals surface area contributed by atoms with Crippen LogP contribution < -0.4 is 22.3 Å². The van der Waals surface area contributed by atoms with Gasteiger partial charge in [-0.1, -0.05) is 29.3 Å². The number of hydrogen-bond donors (Lipinski definition) is 4. The van der Waals surface area contributed by atoms with Crippen molar-refractivity contribution < 1.29 is 0 Å². The summed E-state index contributed by atoms with van der Waals surface area (Å²) in [6, 6.07) is 7.09. The van der Waals surface area contributed by atoms with Crippen LogP contribution in [0.4, 0.5) is 17.6 Å². The average molecular weight is 313 g/mol. The first-order valence-corrected chi connectivity index (χ1v) is 6.63. The van der Waals surface area contributed by atoms with E-state index in [2.05, 4.69) is 20.7 Å². The molecule has 106 valence electrons. The maximum Gasteiger partial charge on any atom is 0.223 e. The lowest BCUT2D eigenvalue weighted by Gasteiger charge is -2.09. The van der Waals surface area contributed by atoms with Crippen LogP contribution in [0.5, 0.6) is 0 Å². The van der Waals surface area contributed by atoms with E-state index >= 15 is 0 Å². The minimum atomic E-state index is 0.146. The summed E-state index contributed by atoms with van der Waals surface area (Å²) in [6.07, 6.45) is 0.727. The highest BCUT2D eigenvalue weighted by Gasteiger charge is 2.03. The molecule has 0 atom stereocenters. The maximum atomic E-state index is 6.10. The Morgan fingerprint density at radius 3 is 2.55 bits per heavy atom. The zero-order valence-corrected chi connectivity index (χ0v) is 12.0. The summed E-state index contributed by atoms with van der Waals surface area (Å²) < 4.78 is 0. The van der Waals surface area contributed by atoms with E-state index in [0.29, 0.717) is 28.2 Å². The number of halogens is 2. The third-order valence-corrected chi connectivity index (χ3v) is 3.19. The average Bonchev–Trinajstić information content (AvgIpc) is 2.40. The molecule has 20 heavy (non-hydrogen) atoms. The molecule has 0 amide bonds. The number of hydrazine groups is 1. The molecule has 0 aliphatic carbocycles. The van der Waals surface area contributed by atoms with Crippen LogP contribution >= 0.6 is 23.2 Å². The van der Waals surface area contributed by atoms with Crippen LogP contribution in [0.15, 0.2) is 24.3 Å². The third-order valence-electron chi connectivity index (χ3n) is 2.61. The molecule has 6 N–H and O–H groups in total. The largest absolute Gasteiger partial charge is 0.370 e. The fourth-order valence-electron chi connectivity index (χ4n) is 1.68. The van der Waals surface area contributed by atoms with Gasteiger partial charge in [0.05, 0.1) is 0 Å². The van der Waals surface area contributed by atoms with Gasteiger partial charge in [-0.15, -0.1) is 0 Å². The smallest absolute Gasteiger partial charge is 0.223 e. The highest BCUT2D eigenvalue weighted by Crippen LogP contribution is 2.21. The lowest BCUT2D eigenvalue weighted by atomic mass is 10.1. The highest BCUT2D eigenvalue weighted by atomic mass is 35.5. The minimum absolute atomic E-state index is 0.146. The number of aromatic nitrogens is 2. The molecular weight excluding hydrogens is 299 g/mol. The van der Waals surface area contributed by atoms with E-state index in [9.17, 15) is 0 Å². The summed E-state index contributed by atoms with van der Waals surface area (Å²) in [5.41, 5.74) is 8.99. The number of benzene rings is 1. The van der Waals surface area contributed by atoms with Crippen LogP contribution in [0.1, 0.15) is 5.56 Å². The lowest BCUT2D eigenvalue weighted by Crippen LogP contribution is -2.13. The van der Waals surface area contributed by atoms with E-state index in [1.54, 1.807) is 12.1 Å². The topological polar surface area (TPSA) is 102 Å². The van der Waals surface area contributed by atoms with Crippen molar-refractivity contribution >= 4 is 40.8 Å². The minimum Gasteiger partial charge on any atom is -0.370 e. The van der Waals surface area contributed by atoms with E-state index in [1.165, 1.54) is 0 Å². The van der Waals surface area contributed by atoms with E-state index in [-0.39, 0.29) is 5.95 Å². The number of nitrogens with zero attached hydrogens (tertiary/aromatic N) is 2. The second-order valence-corrected chi connectivity index (χ2v) is 4.90. The van der Waals surface area contributed by atoms with Gasteiger partial charge in [0, 0.05) is 22.7 Å². The van der Waals surface area contributed by atoms with Crippen LogP contribution in [0.2, 0.25) is 10.0 Å². The van der Waals surface area contributed by atoms with Crippen molar-refractivity contribution in [2.75, 3.05) is 23.0 Å². The standard InChI is InChI=1S/C12H14Cl2N6/c13-8-2-1-7(9(14)5-8)3-4-17-10-6-11(20-16)19-12(15)18-10/h1-2,5-6H,3-4,16H2,(H4,15,17,18,19,20). The quantitative estimate of drug-likeness (QED) is 0.499. The normalized spacial score (nSPS) is 10.3. The Kier molecular flexibility index (Phi) is 4.84. The van der Waals surface area contributed by atoms with E-state index in [4.69, 9.17) is 34.8 Å². The molecule has 0 radical (unpaired) electrons. The van der Waals surface area contributed by atoms with Crippen molar-refractivity contribution in [2.24, 2.45) is 5.84 Å². The summed E-state index contributed by atoms with van der Waals surface area (Å²) in [5, 5.41) is 4.40. The predicted molar refractivity (Wildman–Crippen MR) is 82.9 cm³/mol. The van der Waals surface area contributed by atoms with Crippen molar-refractivity contribution in [1.29, 1.82) is 0 Å². The number of anilines is 3. The molecule has 0 fully saturated rings. The highest BCUT2D eigenvalue weighted by molar-refractivity contribution is 6.35. The SMILES string of the molecule is NNc1cc(NCCc2ccc(Cl)cc2Cl)nc(N)n1. The van der Waals surface area contributed by atoms with Gasteiger partial charge in [0.25, 0.3) is 0 Å². The molecule has 2 aromatic rings. The Hall–Kier alpha value is -1.76. The summed E-state index contributed by atoms with van der Waals surface area (Å²) in [6.45, 7) is 0.641. The van der Waals surface area contributed by atoms with Crippen LogP contribution in [0.25, 0.3) is 0 Å². The summed E-state index contributed by atoms with van der Waals surface area (Å²) in [7, 11) is 0. The molecule has 2 rings (SSSR count). The first kappa shape index (κ1) is 14.6. The first-order valence-electron chi connectivity index (χ1n) is 5.87. The van der Waals surface area contributed by atoms with E-state index < -0.39 is 0 Å². The van der Waals surface area contributed by atoms with Crippen molar-refractivity contribution in [3.8, 4) is 0 Å². The summed E-state index contributed by atoms with van der Waals surface area (Å²) in [4.78, 5) is 7.95. The predicted octanol–water partition coefficient (Wildman–Crippen LogP) is 2.31. The number of rotatable bonds is 5. The molecule has 0 saturated carbocycles. The Bertz CT molecular complexity index is 604. The Morgan fingerprint density at radius 2 is 1.85 bits per heavy atom. The zero-order chi connectivity index (χ0) is 14.5. The molecule has 8 heteroatoms. The van der Waals surface area contributed by atoms with Crippen molar-refractivity contribution in [3.05, 3.63) is 39.9 Å². The second kappa shape index (κ2) is 6.60. The summed E-state index contributed by atoms with van der Waals surface area (Å²) in [5.74, 6) is 6.48. The van der Waals surface area contributed by atoms with Gasteiger partial charge >= 0.3 is 0 Å². The number of nitrogen functional groups attached to an aromatic ring is 2. The van der Waals surface area contributed by atoms with Gasteiger partial charge in [-0.05, 0) is 24.1 Å². The van der Waals surface area contributed by atoms with Crippen LogP contribution in [0, 0.1) is 0 Å². The van der Waals surface area contributed by atoms with Crippen LogP contribution in [0.3, 0.4) is 0 Å².